The molecule has 0 spiro atoms. The number of aromatic nitrogens is 2. The van der Waals surface area contributed by atoms with Gasteiger partial charge in [0.2, 0.25) is 0 Å². The first-order chi connectivity index (χ1) is 8.59. The van der Waals surface area contributed by atoms with Crippen LogP contribution < -0.4 is 16.6 Å². The standard InChI is InChI=1S/C13H21N3O2/c1-15-11(9-12(17)16(2)13(15)18)4-3-10-5-7-14-8-6-10/h9-10,14H,3-8H2,1-2H3. The summed E-state index contributed by atoms with van der Waals surface area (Å²) < 4.78 is 2.73. The van der Waals surface area contributed by atoms with Gasteiger partial charge in [-0.05, 0) is 44.7 Å². The molecule has 0 aliphatic carbocycles. The van der Waals surface area contributed by atoms with Crippen molar-refractivity contribution >= 4 is 0 Å². The third-order valence-electron chi connectivity index (χ3n) is 3.89. The van der Waals surface area contributed by atoms with Crippen LogP contribution in [-0.2, 0) is 20.5 Å². The van der Waals surface area contributed by atoms with Crippen LogP contribution in [0.1, 0.15) is 25.0 Å². The summed E-state index contributed by atoms with van der Waals surface area (Å²) in [7, 11) is 3.25. The molecule has 0 amide bonds. The molecule has 2 rings (SSSR count). The molecule has 1 aliphatic heterocycles. The van der Waals surface area contributed by atoms with Crippen LogP contribution in [0.3, 0.4) is 0 Å². The van der Waals surface area contributed by atoms with Gasteiger partial charge in [0, 0.05) is 25.9 Å². The van der Waals surface area contributed by atoms with Crippen LogP contribution >= 0.6 is 0 Å². The van der Waals surface area contributed by atoms with Gasteiger partial charge in [-0.2, -0.15) is 0 Å². The van der Waals surface area contributed by atoms with Crippen molar-refractivity contribution in [2.24, 2.45) is 20.0 Å². The molecule has 5 heteroatoms. The number of nitrogens with zero attached hydrogens (tertiary/aromatic N) is 2. The van der Waals surface area contributed by atoms with Crippen LogP contribution in [0.5, 0.6) is 0 Å². The van der Waals surface area contributed by atoms with E-state index in [1.165, 1.54) is 19.9 Å². The van der Waals surface area contributed by atoms with Gasteiger partial charge in [0.15, 0.2) is 0 Å². The number of rotatable bonds is 3. The molecular formula is C13H21N3O2. The Morgan fingerprint density at radius 3 is 2.56 bits per heavy atom. The number of hydrogen-bond acceptors (Lipinski definition) is 3. The molecule has 0 unspecified atom stereocenters. The van der Waals surface area contributed by atoms with Crippen molar-refractivity contribution in [1.29, 1.82) is 0 Å². The highest BCUT2D eigenvalue weighted by Crippen LogP contribution is 2.17. The summed E-state index contributed by atoms with van der Waals surface area (Å²) in [6, 6.07) is 1.59. The Kier molecular flexibility index (Phi) is 4.01. The predicted octanol–water partition coefficient (Wildman–Crippen LogP) is 0.0162. The second kappa shape index (κ2) is 5.52. The highest BCUT2D eigenvalue weighted by atomic mass is 16.2. The first-order valence-corrected chi connectivity index (χ1v) is 6.56. The summed E-state index contributed by atoms with van der Waals surface area (Å²) in [5, 5.41) is 3.34. The zero-order valence-corrected chi connectivity index (χ0v) is 11.1. The summed E-state index contributed by atoms with van der Waals surface area (Å²) in [6.07, 6.45) is 4.26. The number of nitrogens with one attached hydrogen (secondary N) is 1. The van der Waals surface area contributed by atoms with Gasteiger partial charge in [0.05, 0.1) is 0 Å². The number of hydrogen-bond donors (Lipinski definition) is 1. The Bertz CT molecular complexity index is 524. The van der Waals surface area contributed by atoms with Crippen LogP contribution in [0.4, 0.5) is 0 Å². The Hall–Kier alpha value is -1.36. The molecule has 1 aromatic rings. The minimum Gasteiger partial charge on any atom is -0.317 e. The quantitative estimate of drug-likeness (QED) is 0.824. The van der Waals surface area contributed by atoms with E-state index in [9.17, 15) is 9.59 Å². The van der Waals surface area contributed by atoms with Crippen molar-refractivity contribution in [3.8, 4) is 0 Å². The van der Waals surface area contributed by atoms with Crippen molar-refractivity contribution < 1.29 is 0 Å². The molecule has 0 bridgehead atoms. The highest BCUT2D eigenvalue weighted by molar-refractivity contribution is 5.02. The predicted molar refractivity (Wildman–Crippen MR) is 70.8 cm³/mol. The van der Waals surface area contributed by atoms with Crippen molar-refractivity contribution in [3.05, 3.63) is 32.6 Å². The maximum absolute atomic E-state index is 11.8. The van der Waals surface area contributed by atoms with E-state index in [0.29, 0.717) is 5.92 Å². The van der Waals surface area contributed by atoms with Gasteiger partial charge in [-0.25, -0.2) is 4.79 Å². The van der Waals surface area contributed by atoms with Crippen molar-refractivity contribution in [1.82, 2.24) is 14.5 Å². The first kappa shape index (κ1) is 13.1. The number of piperidine rings is 1. The Morgan fingerprint density at radius 2 is 1.89 bits per heavy atom. The summed E-state index contributed by atoms with van der Waals surface area (Å²) in [5.41, 5.74) is 0.405. The molecule has 5 nitrogen and oxygen atoms in total. The monoisotopic (exact) mass is 251 g/mol. The second-order valence-electron chi connectivity index (χ2n) is 5.11. The zero-order valence-electron chi connectivity index (χ0n) is 11.1. The van der Waals surface area contributed by atoms with E-state index in [4.69, 9.17) is 0 Å². The third-order valence-corrected chi connectivity index (χ3v) is 3.89. The third kappa shape index (κ3) is 2.72. The minimum atomic E-state index is -0.234. The molecule has 0 saturated carbocycles. The Labute approximate surface area is 106 Å². The summed E-state index contributed by atoms with van der Waals surface area (Å²) in [4.78, 5) is 23.4. The topological polar surface area (TPSA) is 56.0 Å². The average Bonchev–Trinajstić information content (AvgIpc) is 2.40. The van der Waals surface area contributed by atoms with Gasteiger partial charge in [-0.15, -0.1) is 0 Å². The van der Waals surface area contributed by atoms with Crippen LogP contribution in [0.15, 0.2) is 15.7 Å². The average molecular weight is 251 g/mol. The van der Waals surface area contributed by atoms with E-state index < -0.39 is 0 Å². The van der Waals surface area contributed by atoms with Crippen LogP contribution in [0, 0.1) is 5.92 Å². The molecule has 0 atom stereocenters. The normalized spacial score (nSPS) is 17.0. The molecule has 1 N–H and O–H groups in total. The van der Waals surface area contributed by atoms with E-state index in [0.717, 1.165) is 36.2 Å². The van der Waals surface area contributed by atoms with Crippen LogP contribution in [0.2, 0.25) is 0 Å². The van der Waals surface area contributed by atoms with E-state index in [-0.39, 0.29) is 11.2 Å². The molecule has 1 aliphatic rings. The fourth-order valence-electron chi connectivity index (χ4n) is 2.54. The van der Waals surface area contributed by atoms with E-state index in [1.807, 2.05) is 0 Å². The molecule has 100 valence electrons. The molecule has 18 heavy (non-hydrogen) atoms. The summed E-state index contributed by atoms with van der Waals surface area (Å²) in [6.45, 7) is 2.17. The Morgan fingerprint density at radius 1 is 1.22 bits per heavy atom. The Balaban J connectivity index is 2.10. The van der Waals surface area contributed by atoms with Gasteiger partial charge in [0.1, 0.15) is 0 Å². The lowest BCUT2D eigenvalue weighted by Gasteiger charge is -2.22. The van der Waals surface area contributed by atoms with Gasteiger partial charge in [0.25, 0.3) is 5.56 Å². The maximum Gasteiger partial charge on any atom is 0.330 e. The van der Waals surface area contributed by atoms with Gasteiger partial charge < -0.3 is 9.88 Å². The molecule has 1 aromatic heterocycles. The van der Waals surface area contributed by atoms with Gasteiger partial charge >= 0.3 is 5.69 Å². The lowest BCUT2D eigenvalue weighted by molar-refractivity contribution is 0.351. The van der Waals surface area contributed by atoms with Gasteiger partial charge in [-0.3, -0.25) is 9.36 Å². The second-order valence-corrected chi connectivity index (χ2v) is 5.11. The molecule has 2 heterocycles. The minimum absolute atomic E-state index is 0.210. The SMILES string of the molecule is Cn1c(CCC2CCNCC2)cc(=O)n(C)c1=O. The molecule has 1 saturated heterocycles. The van der Waals surface area contributed by atoms with E-state index in [2.05, 4.69) is 5.32 Å². The largest absolute Gasteiger partial charge is 0.330 e. The zero-order chi connectivity index (χ0) is 13.1. The van der Waals surface area contributed by atoms with Crippen LogP contribution in [-0.4, -0.2) is 22.2 Å². The molecule has 0 radical (unpaired) electrons. The van der Waals surface area contributed by atoms with E-state index >= 15 is 0 Å². The van der Waals surface area contributed by atoms with Gasteiger partial charge in [-0.1, -0.05) is 0 Å². The maximum atomic E-state index is 11.8. The fourth-order valence-corrected chi connectivity index (χ4v) is 2.54. The van der Waals surface area contributed by atoms with Crippen molar-refractivity contribution in [2.75, 3.05) is 13.1 Å². The first-order valence-electron chi connectivity index (χ1n) is 6.56. The fraction of sp³-hybridized carbons (Fsp3) is 0.692. The molecule has 0 aromatic carbocycles. The smallest absolute Gasteiger partial charge is 0.317 e. The lowest BCUT2D eigenvalue weighted by atomic mass is 9.92. The highest BCUT2D eigenvalue weighted by Gasteiger charge is 2.14. The van der Waals surface area contributed by atoms with Crippen molar-refractivity contribution in [2.45, 2.75) is 25.7 Å². The van der Waals surface area contributed by atoms with Crippen LogP contribution in [0.25, 0.3) is 0 Å². The summed E-state index contributed by atoms with van der Waals surface area (Å²) >= 11 is 0. The number of aryl methyl sites for hydroxylation is 1. The van der Waals surface area contributed by atoms with Crippen molar-refractivity contribution in [3.63, 3.8) is 0 Å². The summed E-state index contributed by atoms with van der Waals surface area (Å²) in [5.74, 6) is 0.713. The molecule has 1 fully saturated rings. The van der Waals surface area contributed by atoms with E-state index in [1.54, 1.807) is 17.7 Å². The molecular weight excluding hydrogens is 230 g/mol. The lowest BCUT2D eigenvalue weighted by Crippen LogP contribution is -2.38.